The fourth-order valence-electron chi connectivity index (χ4n) is 5.82. The number of Topliss-reactive ketones (excluding diaryl/α,β-unsaturated/α-hetero) is 2. The summed E-state index contributed by atoms with van der Waals surface area (Å²) in [6, 6.07) is 0. The van der Waals surface area contributed by atoms with Crippen LogP contribution in [0.4, 0.5) is 0 Å². The van der Waals surface area contributed by atoms with Crippen molar-refractivity contribution >= 4 is 11.6 Å². The molecule has 1 aromatic rings. The average molecular weight is 412 g/mol. The molecule has 2 aliphatic carbocycles. The summed E-state index contributed by atoms with van der Waals surface area (Å²) in [6.07, 6.45) is 0.872. The van der Waals surface area contributed by atoms with Crippen LogP contribution in [0.1, 0.15) is 68.7 Å². The van der Waals surface area contributed by atoms with Crippen LogP contribution in [0.15, 0.2) is 22.5 Å². The van der Waals surface area contributed by atoms with Gasteiger partial charge in [-0.3, -0.25) is 9.59 Å². The van der Waals surface area contributed by atoms with Gasteiger partial charge >= 0.3 is 0 Å². The molecule has 0 amide bonds. The smallest absolute Gasteiger partial charge is 0.211 e. The van der Waals surface area contributed by atoms with Gasteiger partial charge in [0.2, 0.25) is 5.79 Å². The summed E-state index contributed by atoms with van der Waals surface area (Å²) in [7, 11) is 0. The van der Waals surface area contributed by atoms with Crippen LogP contribution in [0.2, 0.25) is 0 Å². The zero-order chi connectivity index (χ0) is 22.3. The van der Waals surface area contributed by atoms with E-state index in [0.717, 1.165) is 0 Å². The molecule has 6 nitrogen and oxygen atoms in total. The van der Waals surface area contributed by atoms with Crippen molar-refractivity contribution in [1.82, 2.24) is 0 Å². The van der Waals surface area contributed by atoms with Gasteiger partial charge in [-0.05, 0) is 75.3 Å². The Kier molecular flexibility index (Phi) is 4.27. The lowest BCUT2D eigenvalue weighted by Crippen LogP contribution is -2.53. The number of benzene rings is 1. The van der Waals surface area contributed by atoms with Crippen LogP contribution in [0, 0.1) is 19.3 Å². The lowest BCUT2D eigenvalue weighted by atomic mass is 9.54. The van der Waals surface area contributed by atoms with Gasteiger partial charge in [0.15, 0.2) is 5.78 Å². The van der Waals surface area contributed by atoms with E-state index in [0.29, 0.717) is 57.6 Å². The molecule has 1 aliphatic heterocycles. The number of hydrogen-bond acceptors (Lipinski definition) is 6. The van der Waals surface area contributed by atoms with E-state index in [-0.39, 0.29) is 29.5 Å². The molecule has 0 radical (unpaired) electrons. The Morgan fingerprint density at radius 2 is 1.73 bits per heavy atom. The van der Waals surface area contributed by atoms with Crippen LogP contribution in [0.3, 0.4) is 0 Å². The Morgan fingerprint density at radius 3 is 2.33 bits per heavy atom. The number of phenolic OH excluding ortho intramolecular Hbond substituents is 2. The van der Waals surface area contributed by atoms with E-state index in [9.17, 15) is 24.9 Å². The summed E-state index contributed by atoms with van der Waals surface area (Å²) in [5.41, 5.74) is 3.17. The van der Waals surface area contributed by atoms with Crippen molar-refractivity contribution in [2.75, 3.05) is 0 Å². The molecule has 1 unspecified atom stereocenters. The van der Waals surface area contributed by atoms with E-state index >= 15 is 0 Å². The number of aromatic hydroxyl groups is 2. The molecule has 1 saturated heterocycles. The number of phenols is 2. The highest BCUT2D eigenvalue weighted by Gasteiger charge is 2.60. The molecule has 3 aliphatic rings. The molecule has 6 heteroatoms. The summed E-state index contributed by atoms with van der Waals surface area (Å²) in [5, 5.41) is 32.8. The van der Waals surface area contributed by atoms with Crippen molar-refractivity contribution in [2.45, 2.75) is 72.5 Å². The summed E-state index contributed by atoms with van der Waals surface area (Å²) < 4.78 is 6.11. The third kappa shape index (κ3) is 2.46. The summed E-state index contributed by atoms with van der Waals surface area (Å²) in [5.74, 6) is -2.04. The van der Waals surface area contributed by atoms with Crippen molar-refractivity contribution in [3.05, 3.63) is 44.7 Å². The number of fused-ring (bicyclic) bond motifs is 3. The van der Waals surface area contributed by atoms with Crippen LogP contribution in [-0.4, -0.2) is 32.7 Å². The average Bonchev–Trinajstić information content (AvgIpc) is 2.68. The third-order valence-electron chi connectivity index (χ3n) is 7.33. The van der Waals surface area contributed by atoms with Gasteiger partial charge in [-0.1, -0.05) is 0 Å². The maximum absolute atomic E-state index is 12.9. The fraction of sp³-hybridized carbons (Fsp3) is 0.500. The molecule has 30 heavy (non-hydrogen) atoms. The number of ketones is 2. The number of carbonyl (C=O) groups excluding carboxylic acids is 2. The van der Waals surface area contributed by atoms with Crippen LogP contribution in [0.25, 0.3) is 0 Å². The van der Waals surface area contributed by atoms with E-state index in [1.165, 1.54) is 6.92 Å². The van der Waals surface area contributed by atoms with E-state index < -0.39 is 17.1 Å². The standard InChI is InChI=1S/C24H28O6/c1-10(25)7-16-11(2)19(26)14(5)22-24(16)8-15-18(17(9-24)23(6,29)30-22)12(3)20(27)13(4)21(15)28/h17,27-29H,7-9H2,1-6H3/t17-,23?,24-/m1/s1. The normalized spacial score (nSPS) is 30.1. The van der Waals surface area contributed by atoms with Gasteiger partial charge in [0, 0.05) is 24.5 Å². The molecule has 160 valence electrons. The Hall–Kier alpha value is -2.60. The lowest BCUT2D eigenvalue weighted by Gasteiger charge is -2.56. The molecular weight excluding hydrogens is 384 g/mol. The molecular formula is C24H28O6. The highest BCUT2D eigenvalue weighted by atomic mass is 16.6. The second-order valence-electron chi connectivity index (χ2n) is 9.28. The van der Waals surface area contributed by atoms with Crippen molar-refractivity contribution in [1.29, 1.82) is 0 Å². The summed E-state index contributed by atoms with van der Waals surface area (Å²) in [4.78, 5) is 25.1. The number of hydrogen-bond donors (Lipinski definition) is 3. The molecule has 4 rings (SSSR count). The van der Waals surface area contributed by atoms with Crippen molar-refractivity contribution < 1.29 is 29.6 Å². The van der Waals surface area contributed by atoms with E-state index in [2.05, 4.69) is 0 Å². The minimum atomic E-state index is -1.64. The summed E-state index contributed by atoms with van der Waals surface area (Å²) in [6.45, 7) is 9.88. The van der Waals surface area contributed by atoms with Crippen molar-refractivity contribution in [2.24, 2.45) is 5.41 Å². The molecule has 1 spiro atoms. The Labute approximate surface area is 175 Å². The Balaban J connectivity index is 2.09. The largest absolute Gasteiger partial charge is 0.507 e. The molecule has 1 aromatic carbocycles. The first-order valence-electron chi connectivity index (χ1n) is 10.2. The first kappa shape index (κ1) is 20.7. The summed E-state index contributed by atoms with van der Waals surface area (Å²) >= 11 is 0. The van der Waals surface area contributed by atoms with Gasteiger partial charge in [-0.15, -0.1) is 0 Å². The number of rotatable bonds is 2. The number of ether oxygens (including phenoxy) is 1. The van der Waals surface area contributed by atoms with Gasteiger partial charge in [0.25, 0.3) is 0 Å². The second kappa shape index (κ2) is 6.20. The number of aliphatic hydroxyl groups is 1. The van der Waals surface area contributed by atoms with Crippen LogP contribution in [0.5, 0.6) is 11.5 Å². The highest BCUT2D eigenvalue weighted by molar-refractivity contribution is 6.10. The van der Waals surface area contributed by atoms with Crippen LogP contribution >= 0.6 is 0 Å². The Bertz CT molecular complexity index is 1090. The topological polar surface area (TPSA) is 104 Å². The highest BCUT2D eigenvalue weighted by Crippen LogP contribution is 2.64. The van der Waals surface area contributed by atoms with Crippen LogP contribution in [-0.2, 0) is 20.7 Å². The van der Waals surface area contributed by atoms with E-state index in [4.69, 9.17) is 4.74 Å². The number of carbonyl (C=O) groups is 2. The minimum absolute atomic E-state index is 0.00465. The van der Waals surface area contributed by atoms with E-state index in [1.807, 2.05) is 0 Å². The zero-order valence-electron chi connectivity index (χ0n) is 18.3. The molecule has 2 bridgehead atoms. The molecule has 1 fully saturated rings. The maximum atomic E-state index is 12.9. The molecule has 0 saturated carbocycles. The maximum Gasteiger partial charge on any atom is 0.211 e. The predicted octanol–water partition coefficient (Wildman–Crippen LogP) is 3.62. The van der Waals surface area contributed by atoms with E-state index in [1.54, 1.807) is 34.6 Å². The fourth-order valence-corrected chi connectivity index (χ4v) is 5.82. The van der Waals surface area contributed by atoms with Gasteiger partial charge in [-0.2, -0.15) is 0 Å². The monoisotopic (exact) mass is 412 g/mol. The second-order valence-corrected chi connectivity index (χ2v) is 9.28. The van der Waals surface area contributed by atoms with Gasteiger partial charge in [0.05, 0.1) is 11.3 Å². The van der Waals surface area contributed by atoms with Gasteiger partial charge in [-0.25, -0.2) is 0 Å². The molecule has 0 aromatic heterocycles. The molecule has 3 N–H and O–H groups in total. The quantitative estimate of drug-likeness (QED) is 0.685. The molecule has 3 atom stereocenters. The predicted molar refractivity (Wildman–Crippen MR) is 110 cm³/mol. The van der Waals surface area contributed by atoms with Crippen molar-refractivity contribution in [3.8, 4) is 11.5 Å². The van der Waals surface area contributed by atoms with Gasteiger partial charge in [0.1, 0.15) is 23.0 Å². The minimum Gasteiger partial charge on any atom is -0.507 e. The zero-order valence-corrected chi connectivity index (χ0v) is 18.3. The Morgan fingerprint density at radius 1 is 1.10 bits per heavy atom. The van der Waals surface area contributed by atoms with Gasteiger partial charge < -0.3 is 20.1 Å². The number of allylic oxidation sites excluding steroid dienone is 3. The first-order valence-corrected chi connectivity index (χ1v) is 10.2. The SMILES string of the molecule is CC(=O)CC1=C(C)C(=O)C(C)=C2OC(C)(O)[C@@H]3C[C@]12Cc1c(O)c(C)c(O)c(C)c13. The van der Waals surface area contributed by atoms with Crippen molar-refractivity contribution in [3.63, 3.8) is 0 Å². The lowest BCUT2D eigenvalue weighted by molar-refractivity contribution is -0.221. The third-order valence-corrected chi connectivity index (χ3v) is 7.33. The first-order chi connectivity index (χ1) is 13.8. The van der Waals surface area contributed by atoms with Crippen LogP contribution < -0.4 is 0 Å². The molecule has 1 heterocycles.